The van der Waals surface area contributed by atoms with Gasteiger partial charge in [0, 0.05) is 16.4 Å². The van der Waals surface area contributed by atoms with Gasteiger partial charge in [0.25, 0.3) is 0 Å². The number of halogens is 2. The number of nitrogens with zero attached hydrogens (tertiary/aromatic N) is 1. The third-order valence-electron chi connectivity index (χ3n) is 3.97. The molecule has 0 saturated heterocycles. The van der Waals surface area contributed by atoms with Crippen molar-refractivity contribution in [1.29, 1.82) is 0 Å². The lowest BCUT2D eigenvalue weighted by Crippen LogP contribution is -2.41. The monoisotopic (exact) mass is 456 g/mol. The normalized spacial score (nSPS) is 11.6. The molecule has 1 atom stereocenters. The van der Waals surface area contributed by atoms with Crippen molar-refractivity contribution in [2.45, 2.75) is 25.8 Å². The summed E-state index contributed by atoms with van der Waals surface area (Å²) in [4.78, 5) is 38.9. The number of primary amides is 1. The fraction of sp³-hybridized carbons (Fsp3) is 0.316. The Kier molecular flexibility index (Phi) is 8.75. The van der Waals surface area contributed by atoms with Crippen molar-refractivity contribution in [3.8, 4) is 0 Å². The van der Waals surface area contributed by atoms with Gasteiger partial charge in [0.1, 0.15) is 0 Å². The molecule has 1 aromatic heterocycles. The number of urea groups is 1. The van der Waals surface area contributed by atoms with Gasteiger partial charge in [-0.1, -0.05) is 36.2 Å². The second-order valence-corrected chi connectivity index (χ2v) is 8.09. The smallest absolute Gasteiger partial charge is 0.312 e. The summed E-state index contributed by atoms with van der Waals surface area (Å²) in [5.74, 6) is -0.650. The van der Waals surface area contributed by atoms with E-state index in [0.717, 1.165) is 4.88 Å². The number of anilines is 1. The molecule has 156 valence electrons. The van der Waals surface area contributed by atoms with Crippen LogP contribution in [0.2, 0.25) is 10.0 Å². The summed E-state index contributed by atoms with van der Waals surface area (Å²) in [5.41, 5.74) is 5.66. The van der Waals surface area contributed by atoms with Crippen LogP contribution in [0, 0.1) is 0 Å². The molecule has 1 unspecified atom stereocenters. The van der Waals surface area contributed by atoms with Crippen LogP contribution in [0.1, 0.15) is 30.7 Å². The summed E-state index contributed by atoms with van der Waals surface area (Å²) in [7, 11) is 0. The molecule has 0 aliphatic heterocycles. The fourth-order valence-electron chi connectivity index (χ4n) is 2.70. The first-order chi connectivity index (χ1) is 13.8. The Bertz CT molecular complexity index is 861. The third kappa shape index (κ3) is 7.23. The molecule has 0 fully saturated rings. The van der Waals surface area contributed by atoms with Crippen molar-refractivity contribution in [2.75, 3.05) is 18.4 Å². The zero-order valence-electron chi connectivity index (χ0n) is 15.8. The van der Waals surface area contributed by atoms with E-state index < -0.39 is 12.1 Å². The maximum absolute atomic E-state index is 12.8. The van der Waals surface area contributed by atoms with E-state index in [1.54, 1.807) is 12.1 Å². The minimum atomic E-state index is -0.714. The number of rotatable bonds is 9. The summed E-state index contributed by atoms with van der Waals surface area (Å²) < 4.78 is 0. The minimum absolute atomic E-state index is 0.00155. The van der Waals surface area contributed by atoms with Gasteiger partial charge in [-0.3, -0.25) is 9.59 Å². The summed E-state index contributed by atoms with van der Waals surface area (Å²) in [6.07, 6.45) is 0.673. The van der Waals surface area contributed by atoms with E-state index >= 15 is 0 Å². The zero-order chi connectivity index (χ0) is 21.4. The van der Waals surface area contributed by atoms with Gasteiger partial charge in [-0.15, -0.1) is 11.3 Å². The zero-order valence-corrected chi connectivity index (χ0v) is 18.1. The number of hydrogen-bond acceptors (Lipinski definition) is 4. The number of carbonyl (C=O) groups is 3. The number of amides is 4. The van der Waals surface area contributed by atoms with Gasteiger partial charge in [0.15, 0.2) is 0 Å². The van der Waals surface area contributed by atoms with E-state index in [-0.39, 0.29) is 24.8 Å². The highest BCUT2D eigenvalue weighted by Crippen LogP contribution is 2.26. The van der Waals surface area contributed by atoms with Gasteiger partial charge >= 0.3 is 6.03 Å². The molecular formula is C19H22Cl2N4O3S. The molecule has 4 N–H and O–H groups in total. The van der Waals surface area contributed by atoms with Gasteiger partial charge in [-0.05, 0) is 36.1 Å². The number of hydrogen-bond donors (Lipinski definition) is 3. The molecule has 1 heterocycles. The average molecular weight is 457 g/mol. The van der Waals surface area contributed by atoms with Gasteiger partial charge in [0.05, 0.1) is 29.7 Å². The van der Waals surface area contributed by atoms with Crippen LogP contribution in [0.5, 0.6) is 0 Å². The van der Waals surface area contributed by atoms with Crippen molar-refractivity contribution >= 4 is 58.1 Å². The molecule has 7 nitrogen and oxygen atoms in total. The highest BCUT2D eigenvalue weighted by molar-refractivity contribution is 7.10. The Balaban J connectivity index is 2.05. The summed E-state index contributed by atoms with van der Waals surface area (Å²) in [6.45, 7) is 2.17. The first kappa shape index (κ1) is 23.0. The van der Waals surface area contributed by atoms with Crippen LogP contribution in [0.15, 0.2) is 35.7 Å². The van der Waals surface area contributed by atoms with Crippen molar-refractivity contribution in [2.24, 2.45) is 5.73 Å². The predicted molar refractivity (Wildman–Crippen MR) is 116 cm³/mol. The molecule has 0 spiro atoms. The molecule has 0 radical (unpaired) electrons. The number of nitrogens with one attached hydrogen (secondary N) is 2. The summed E-state index contributed by atoms with van der Waals surface area (Å²) in [6, 6.07) is 7.11. The molecule has 0 aliphatic carbocycles. The molecule has 0 bridgehead atoms. The van der Waals surface area contributed by atoms with E-state index in [9.17, 15) is 14.4 Å². The standard InChI is InChI=1S/C19H22Cl2N4O3S/c1-2-7-25(11-17(26)23-14-6-5-12(20)9-13(14)21)18(27)10-15(24-19(22)28)16-4-3-8-29-16/h3-6,8-9,15H,2,7,10-11H2,1H3,(H,23,26)(H3,22,24,28). The molecule has 2 rings (SSSR count). The van der Waals surface area contributed by atoms with Crippen molar-refractivity contribution in [1.82, 2.24) is 10.2 Å². The van der Waals surface area contributed by atoms with Crippen LogP contribution < -0.4 is 16.4 Å². The second kappa shape index (κ2) is 11.0. The average Bonchev–Trinajstić information content (AvgIpc) is 3.17. The van der Waals surface area contributed by atoms with Crippen molar-refractivity contribution in [3.05, 3.63) is 50.6 Å². The summed E-state index contributed by atoms with van der Waals surface area (Å²) in [5, 5.41) is 7.88. The fourth-order valence-corrected chi connectivity index (χ4v) is 3.94. The first-order valence-corrected chi connectivity index (χ1v) is 10.6. The minimum Gasteiger partial charge on any atom is -0.352 e. The van der Waals surface area contributed by atoms with E-state index in [2.05, 4.69) is 10.6 Å². The number of carbonyl (C=O) groups excluding carboxylic acids is 3. The van der Waals surface area contributed by atoms with Crippen LogP contribution in [0.3, 0.4) is 0 Å². The molecule has 29 heavy (non-hydrogen) atoms. The number of nitrogens with two attached hydrogens (primary N) is 1. The lowest BCUT2D eigenvalue weighted by molar-refractivity contribution is -0.135. The molecule has 4 amide bonds. The number of thiophene rings is 1. The Morgan fingerprint density at radius 2 is 2.00 bits per heavy atom. The van der Waals surface area contributed by atoms with Crippen LogP contribution >= 0.6 is 34.5 Å². The van der Waals surface area contributed by atoms with E-state index in [0.29, 0.717) is 28.7 Å². The SMILES string of the molecule is CCCN(CC(=O)Nc1ccc(Cl)cc1Cl)C(=O)CC(NC(N)=O)c1cccs1. The predicted octanol–water partition coefficient (Wildman–Crippen LogP) is 4.03. The first-order valence-electron chi connectivity index (χ1n) is 8.92. The Hall–Kier alpha value is -2.29. The highest BCUT2D eigenvalue weighted by Gasteiger charge is 2.23. The Morgan fingerprint density at radius 1 is 1.24 bits per heavy atom. The topological polar surface area (TPSA) is 105 Å². The molecular weight excluding hydrogens is 435 g/mol. The summed E-state index contributed by atoms with van der Waals surface area (Å²) >= 11 is 13.3. The molecule has 2 aromatic rings. The van der Waals surface area contributed by atoms with Gasteiger partial charge in [-0.25, -0.2) is 4.79 Å². The Labute approximate surface area is 183 Å². The van der Waals surface area contributed by atoms with Crippen LogP contribution in [0.4, 0.5) is 10.5 Å². The maximum Gasteiger partial charge on any atom is 0.312 e. The van der Waals surface area contributed by atoms with Crippen molar-refractivity contribution < 1.29 is 14.4 Å². The second-order valence-electron chi connectivity index (χ2n) is 6.27. The quantitative estimate of drug-likeness (QED) is 0.530. The van der Waals surface area contributed by atoms with Gasteiger partial charge in [0.2, 0.25) is 11.8 Å². The lowest BCUT2D eigenvalue weighted by atomic mass is 10.1. The van der Waals surface area contributed by atoms with Crippen LogP contribution in [0.25, 0.3) is 0 Å². The molecule has 1 aromatic carbocycles. The molecule has 10 heteroatoms. The largest absolute Gasteiger partial charge is 0.352 e. The molecule has 0 saturated carbocycles. The third-order valence-corrected chi connectivity index (χ3v) is 5.50. The van der Waals surface area contributed by atoms with E-state index in [1.807, 2.05) is 24.4 Å². The molecule has 0 aliphatic rings. The van der Waals surface area contributed by atoms with E-state index in [4.69, 9.17) is 28.9 Å². The van der Waals surface area contributed by atoms with E-state index in [1.165, 1.54) is 22.3 Å². The Morgan fingerprint density at radius 3 is 2.59 bits per heavy atom. The van der Waals surface area contributed by atoms with Crippen LogP contribution in [-0.2, 0) is 9.59 Å². The van der Waals surface area contributed by atoms with Gasteiger partial charge in [-0.2, -0.15) is 0 Å². The highest BCUT2D eigenvalue weighted by atomic mass is 35.5. The lowest BCUT2D eigenvalue weighted by Gasteiger charge is -2.24. The van der Waals surface area contributed by atoms with Crippen molar-refractivity contribution in [3.63, 3.8) is 0 Å². The number of benzene rings is 1. The van der Waals surface area contributed by atoms with Gasteiger partial charge < -0.3 is 21.3 Å². The maximum atomic E-state index is 12.8. The van der Waals surface area contributed by atoms with Crippen LogP contribution in [-0.4, -0.2) is 35.8 Å².